The lowest BCUT2D eigenvalue weighted by Crippen LogP contribution is -2.46. The number of hydrogen-bond donors (Lipinski definition) is 0. The molecule has 108 valence electrons. The Kier molecular flexibility index (Phi) is 2.50. The minimum Gasteiger partial charge on any atom is -0.349 e. The molecule has 0 radical (unpaired) electrons. The van der Waals surface area contributed by atoms with Gasteiger partial charge in [-0.15, -0.1) is 0 Å². The minimum atomic E-state index is -0.603. The van der Waals surface area contributed by atoms with Crippen LogP contribution in [0.1, 0.15) is 37.0 Å². The predicted molar refractivity (Wildman–Crippen MR) is 76.1 cm³/mol. The van der Waals surface area contributed by atoms with Gasteiger partial charge in [0.15, 0.2) is 5.72 Å². The summed E-state index contributed by atoms with van der Waals surface area (Å²) in [5, 5.41) is 9.32. The van der Waals surface area contributed by atoms with Crippen molar-refractivity contribution in [2.75, 3.05) is 6.61 Å². The summed E-state index contributed by atoms with van der Waals surface area (Å²) in [6.07, 6.45) is 1.30. The van der Waals surface area contributed by atoms with Crippen LogP contribution in [0.15, 0.2) is 18.2 Å². The van der Waals surface area contributed by atoms with E-state index in [2.05, 4.69) is 19.9 Å². The van der Waals surface area contributed by atoms with Crippen LogP contribution < -0.4 is 0 Å². The third kappa shape index (κ3) is 1.40. The normalized spacial score (nSPS) is 33.0. The highest BCUT2D eigenvalue weighted by atomic mass is 16.5. The van der Waals surface area contributed by atoms with Gasteiger partial charge < -0.3 is 9.64 Å². The van der Waals surface area contributed by atoms with Gasteiger partial charge in [-0.25, -0.2) is 0 Å². The molecular weight excluding hydrogens is 264 g/mol. The highest BCUT2D eigenvalue weighted by Crippen LogP contribution is 2.57. The SMILES string of the molecule is CC(C)[C@@H]1CO[C@@]23c4cccc(C#N)c4C[C@@H]2CC(=O)N13. The highest BCUT2D eigenvalue weighted by Gasteiger charge is 2.64. The zero-order valence-electron chi connectivity index (χ0n) is 12.3. The second kappa shape index (κ2) is 4.08. The van der Waals surface area contributed by atoms with Crippen molar-refractivity contribution in [2.45, 2.75) is 38.5 Å². The average molecular weight is 282 g/mol. The number of carbonyl (C=O) groups excluding carboxylic acids is 1. The fourth-order valence-corrected chi connectivity index (χ4v) is 4.36. The molecule has 4 rings (SSSR count). The summed E-state index contributed by atoms with van der Waals surface area (Å²) < 4.78 is 6.25. The Morgan fingerprint density at radius 2 is 2.24 bits per heavy atom. The maximum absolute atomic E-state index is 12.5. The lowest BCUT2D eigenvalue weighted by Gasteiger charge is -2.35. The molecule has 1 amide bonds. The van der Waals surface area contributed by atoms with Gasteiger partial charge in [-0.05, 0) is 24.0 Å². The zero-order valence-corrected chi connectivity index (χ0v) is 12.3. The number of nitrogens with zero attached hydrogens (tertiary/aromatic N) is 2. The third-order valence-electron chi connectivity index (χ3n) is 5.31. The van der Waals surface area contributed by atoms with E-state index in [0.717, 1.165) is 23.1 Å². The monoisotopic (exact) mass is 282 g/mol. The van der Waals surface area contributed by atoms with E-state index in [0.29, 0.717) is 18.9 Å². The van der Waals surface area contributed by atoms with Gasteiger partial charge >= 0.3 is 0 Å². The summed E-state index contributed by atoms with van der Waals surface area (Å²) in [6.45, 7) is 4.86. The molecule has 0 saturated carbocycles. The molecule has 1 aromatic carbocycles. The molecule has 1 aliphatic carbocycles. The maximum atomic E-state index is 12.5. The van der Waals surface area contributed by atoms with Crippen molar-refractivity contribution in [2.24, 2.45) is 11.8 Å². The Morgan fingerprint density at radius 3 is 2.95 bits per heavy atom. The molecule has 2 aliphatic heterocycles. The number of benzene rings is 1. The van der Waals surface area contributed by atoms with E-state index in [1.807, 2.05) is 23.1 Å². The first-order chi connectivity index (χ1) is 10.1. The van der Waals surface area contributed by atoms with E-state index in [4.69, 9.17) is 4.74 Å². The van der Waals surface area contributed by atoms with Crippen LogP contribution in [-0.4, -0.2) is 23.5 Å². The fraction of sp³-hybridized carbons (Fsp3) is 0.529. The smallest absolute Gasteiger partial charge is 0.225 e. The number of hydrogen-bond acceptors (Lipinski definition) is 3. The van der Waals surface area contributed by atoms with Crippen molar-refractivity contribution in [3.05, 3.63) is 34.9 Å². The van der Waals surface area contributed by atoms with Gasteiger partial charge in [0.25, 0.3) is 0 Å². The number of fused-ring (bicyclic) bond motifs is 1. The van der Waals surface area contributed by atoms with Gasteiger partial charge in [-0.1, -0.05) is 26.0 Å². The summed E-state index contributed by atoms with van der Waals surface area (Å²) >= 11 is 0. The van der Waals surface area contributed by atoms with Gasteiger partial charge in [0.1, 0.15) is 0 Å². The largest absolute Gasteiger partial charge is 0.349 e. The third-order valence-corrected chi connectivity index (χ3v) is 5.31. The standard InChI is InChI=1S/C17H18N2O2/c1-10(2)15-9-21-17-12(7-16(20)19(15)17)6-13-11(8-18)4-3-5-14(13)17/h3-5,10,12,15H,6-7,9H2,1-2H3/t12-,15+,17-/m1/s1. The van der Waals surface area contributed by atoms with Crippen molar-refractivity contribution >= 4 is 5.91 Å². The van der Waals surface area contributed by atoms with Gasteiger partial charge in [0.05, 0.1) is 24.3 Å². The van der Waals surface area contributed by atoms with E-state index in [1.54, 1.807) is 0 Å². The molecule has 0 N–H and O–H groups in total. The van der Waals surface area contributed by atoms with E-state index >= 15 is 0 Å². The molecule has 0 unspecified atom stereocenters. The lowest BCUT2D eigenvalue weighted by molar-refractivity contribution is -0.142. The molecule has 0 bridgehead atoms. The van der Waals surface area contributed by atoms with Crippen LogP contribution >= 0.6 is 0 Å². The van der Waals surface area contributed by atoms with Crippen molar-refractivity contribution in [1.29, 1.82) is 5.26 Å². The molecule has 2 heterocycles. The van der Waals surface area contributed by atoms with Crippen LogP contribution in [-0.2, 0) is 21.7 Å². The number of carbonyl (C=O) groups is 1. The number of rotatable bonds is 1. The molecule has 3 aliphatic rings. The van der Waals surface area contributed by atoms with Gasteiger partial charge in [-0.2, -0.15) is 5.26 Å². The van der Waals surface area contributed by atoms with Crippen LogP contribution in [0.3, 0.4) is 0 Å². The second-order valence-corrected chi connectivity index (χ2v) is 6.63. The molecule has 4 nitrogen and oxygen atoms in total. The summed E-state index contributed by atoms with van der Waals surface area (Å²) in [5.41, 5.74) is 2.24. The molecule has 3 atom stereocenters. The van der Waals surface area contributed by atoms with Crippen LogP contribution in [0, 0.1) is 23.2 Å². The van der Waals surface area contributed by atoms with E-state index in [9.17, 15) is 10.1 Å². The predicted octanol–water partition coefficient (Wildman–Crippen LogP) is 2.17. The van der Waals surface area contributed by atoms with Crippen molar-refractivity contribution in [3.8, 4) is 6.07 Å². The van der Waals surface area contributed by atoms with Crippen LogP contribution in [0.4, 0.5) is 0 Å². The van der Waals surface area contributed by atoms with Crippen molar-refractivity contribution in [3.63, 3.8) is 0 Å². The molecular formula is C17H18N2O2. The topological polar surface area (TPSA) is 53.3 Å². The molecule has 1 aromatic rings. The Morgan fingerprint density at radius 1 is 1.43 bits per heavy atom. The Bertz CT molecular complexity index is 676. The molecule has 0 aromatic heterocycles. The quantitative estimate of drug-likeness (QED) is 0.793. The first kappa shape index (κ1) is 12.8. The van der Waals surface area contributed by atoms with Crippen molar-refractivity contribution < 1.29 is 9.53 Å². The number of amides is 1. The minimum absolute atomic E-state index is 0.138. The Labute approximate surface area is 124 Å². The van der Waals surface area contributed by atoms with Gasteiger partial charge in [-0.3, -0.25) is 4.79 Å². The molecule has 2 saturated heterocycles. The number of ether oxygens (including phenoxy) is 1. The van der Waals surface area contributed by atoms with Gasteiger partial charge in [0.2, 0.25) is 5.91 Å². The summed E-state index contributed by atoms with van der Waals surface area (Å²) in [6, 6.07) is 8.21. The molecule has 21 heavy (non-hydrogen) atoms. The van der Waals surface area contributed by atoms with E-state index < -0.39 is 5.72 Å². The van der Waals surface area contributed by atoms with Crippen LogP contribution in [0.5, 0.6) is 0 Å². The molecule has 1 spiro atoms. The molecule has 4 heteroatoms. The fourth-order valence-electron chi connectivity index (χ4n) is 4.36. The lowest BCUT2D eigenvalue weighted by atomic mass is 9.96. The first-order valence-corrected chi connectivity index (χ1v) is 7.58. The van der Waals surface area contributed by atoms with Crippen molar-refractivity contribution in [1.82, 2.24) is 4.90 Å². The summed E-state index contributed by atoms with van der Waals surface area (Å²) in [5.74, 6) is 0.720. The van der Waals surface area contributed by atoms with E-state index in [-0.39, 0.29) is 17.9 Å². The molecule has 2 fully saturated rings. The van der Waals surface area contributed by atoms with Crippen LogP contribution in [0.25, 0.3) is 0 Å². The number of nitriles is 1. The Hall–Kier alpha value is -1.86. The maximum Gasteiger partial charge on any atom is 0.225 e. The van der Waals surface area contributed by atoms with Crippen LogP contribution in [0.2, 0.25) is 0 Å². The summed E-state index contributed by atoms with van der Waals surface area (Å²) in [4.78, 5) is 14.5. The zero-order chi connectivity index (χ0) is 14.8. The van der Waals surface area contributed by atoms with E-state index in [1.165, 1.54) is 0 Å². The highest BCUT2D eigenvalue weighted by molar-refractivity contribution is 5.82. The average Bonchev–Trinajstić information content (AvgIpc) is 3.07. The summed E-state index contributed by atoms with van der Waals surface area (Å²) in [7, 11) is 0. The van der Waals surface area contributed by atoms with Gasteiger partial charge in [0, 0.05) is 17.9 Å². The first-order valence-electron chi connectivity index (χ1n) is 7.58. The second-order valence-electron chi connectivity index (χ2n) is 6.63. The Balaban J connectivity index is 1.91.